The van der Waals surface area contributed by atoms with Gasteiger partial charge >= 0.3 is 0 Å². The van der Waals surface area contributed by atoms with Crippen molar-refractivity contribution in [2.45, 2.75) is 59.0 Å². The highest BCUT2D eigenvalue weighted by atomic mass is 15.0. The predicted octanol–water partition coefficient (Wildman–Crippen LogP) is 1.54. The Labute approximate surface area is 65.2 Å². The number of rotatable bonds is 2. The lowest BCUT2D eigenvalue weighted by Crippen LogP contribution is -3.03. The van der Waals surface area contributed by atoms with Crippen LogP contribution < -0.4 is 5.32 Å². The lowest BCUT2D eigenvalue weighted by molar-refractivity contribution is -0.775. The van der Waals surface area contributed by atoms with E-state index in [2.05, 4.69) is 46.9 Å². The van der Waals surface area contributed by atoms with Gasteiger partial charge in [-0.3, -0.25) is 0 Å². The molecule has 0 bridgehead atoms. The fraction of sp³-hybridized carbons (Fsp3) is 1.00. The summed E-state index contributed by atoms with van der Waals surface area (Å²) in [5.41, 5.74) is 0.762. The minimum absolute atomic E-state index is 0.361. The van der Waals surface area contributed by atoms with Crippen LogP contribution in [-0.4, -0.2) is 11.1 Å². The zero-order chi connectivity index (χ0) is 8.41. The zero-order valence-electron chi connectivity index (χ0n) is 8.28. The van der Waals surface area contributed by atoms with Gasteiger partial charge in [-0.25, -0.2) is 0 Å². The minimum Gasteiger partial charge on any atom is -0.338 e. The summed E-state index contributed by atoms with van der Waals surface area (Å²) >= 11 is 0. The minimum atomic E-state index is 0.361. The monoisotopic (exact) mass is 144 g/mol. The van der Waals surface area contributed by atoms with Gasteiger partial charge in [0.2, 0.25) is 0 Å². The normalized spacial score (nSPS) is 13.8. The Balaban J connectivity index is 3.89. The first-order valence-corrected chi connectivity index (χ1v) is 4.14. The van der Waals surface area contributed by atoms with Crippen LogP contribution in [0.2, 0.25) is 0 Å². The smallest absolute Gasteiger partial charge is 0.0905 e. The van der Waals surface area contributed by atoms with Crippen LogP contribution in [0.15, 0.2) is 0 Å². The fourth-order valence-corrected chi connectivity index (χ4v) is 1.27. The van der Waals surface area contributed by atoms with E-state index in [1.54, 1.807) is 0 Å². The van der Waals surface area contributed by atoms with Crippen LogP contribution >= 0.6 is 0 Å². The largest absolute Gasteiger partial charge is 0.338 e. The van der Waals surface area contributed by atoms with Crippen molar-refractivity contribution in [1.29, 1.82) is 0 Å². The molecule has 0 aromatic rings. The van der Waals surface area contributed by atoms with E-state index in [1.807, 2.05) is 0 Å². The molecule has 2 N–H and O–H groups in total. The van der Waals surface area contributed by atoms with Gasteiger partial charge in [-0.1, -0.05) is 6.92 Å². The molecule has 0 fully saturated rings. The molecule has 1 heteroatoms. The number of nitrogens with two attached hydrogens (primary N) is 1. The maximum Gasteiger partial charge on any atom is 0.0905 e. The molecule has 0 heterocycles. The van der Waals surface area contributed by atoms with Gasteiger partial charge in [0.1, 0.15) is 0 Å². The van der Waals surface area contributed by atoms with E-state index in [1.165, 1.54) is 6.42 Å². The molecular formula is C9H22N+. The summed E-state index contributed by atoms with van der Waals surface area (Å²) in [5.74, 6) is 0. The Morgan fingerprint density at radius 2 is 1.40 bits per heavy atom. The van der Waals surface area contributed by atoms with E-state index in [9.17, 15) is 0 Å². The van der Waals surface area contributed by atoms with Crippen LogP contribution in [0.4, 0.5) is 0 Å². The fourth-order valence-electron chi connectivity index (χ4n) is 1.27. The molecule has 0 rings (SSSR count). The van der Waals surface area contributed by atoms with Gasteiger partial charge in [-0.2, -0.15) is 0 Å². The summed E-state index contributed by atoms with van der Waals surface area (Å²) < 4.78 is 0. The van der Waals surface area contributed by atoms with Crippen molar-refractivity contribution < 1.29 is 5.32 Å². The van der Waals surface area contributed by atoms with E-state index in [0.717, 1.165) is 0 Å². The van der Waals surface area contributed by atoms with E-state index < -0.39 is 0 Å². The summed E-state index contributed by atoms with van der Waals surface area (Å²) in [6.45, 7) is 13.6. The van der Waals surface area contributed by atoms with E-state index >= 15 is 0 Å². The number of hydrogen-bond acceptors (Lipinski definition) is 0. The molecule has 0 aliphatic heterocycles. The molecule has 0 amide bonds. The summed E-state index contributed by atoms with van der Waals surface area (Å²) in [7, 11) is 0. The Morgan fingerprint density at radius 1 is 1.00 bits per heavy atom. The average molecular weight is 144 g/mol. The molecule has 1 nitrogen and oxygen atoms in total. The third-order valence-corrected chi connectivity index (χ3v) is 1.73. The molecule has 0 spiro atoms. The first-order valence-electron chi connectivity index (χ1n) is 4.14. The predicted molar refractivity (Wildman–Crippen MR) is 46.0 cm³/mol. The van der Waals surface area contributed by atoms with Gasteiger partial charge in [0, 0.05) is 0 Å². The Bertz CT molecular complexity index is 97.8. The molecule has 10 heavy (non-hydrogen) atoms. The third-order valence-electron chi connectivity index (χ3n) is 1.73. The van der Waals surface area contributed by atoms with Crippen molar-refractivity contribution in [1.82, 2.24) is 0 Å². The Kier molecular flexibility index (Phi) is 2.90. The van der Waals surface area contributed by atoms with Crippen molar-refractivity contribution in [3.63, 3.8) is 0 Å². The lowest BCUT2D eigenvalue weighted by atomic mass is 9.96. The zero-order valence-corrected chi connectivity index (χ0v) is 8.28. The molecule has 0 saturated carbocycles. The average Bonchev–Trinajstić information content (AvgIpc) is 1.60. The molecule has 0 aliphatic carbocycles. The lowest BCUT2D eigenvalue weighted by Gasteiger charge is -2.30. The van der Waals surface area contributed by atoms with E-state index in [0.29, 0.717) is 11.1 Å². The standard InChI is InChI=1S/C9H21N/c1-7-9(5,6)10-8(2,3)4/h10H,7H2,1-6H3/p+1. The van der Waals surface area contributed by atoms with Crippen LogP contribution in [0.25, 0.3) is 0 Å². The highest BCUT2D eigenvalue weighted by molar-refractivity contribution is 4.65. The Hall–Kier alpha value is -0.0400. The van der Waals surface area contributed by atoms with Gasteiger partial charge in [0.15, 0.2) is 0 Å². The molecule has 0 atom stereocenters. The van der Waals surface area contributed by atoms with Gasteiger partial charge < -0.3 is 5.32 Å². The van der Waals surface area contributed by atoms with Crippen LogP contribution in [0.3, 0.4) is 0 Å². The van der Waals surface area contributed by atoms with E-state index in [-0.39, 0.29) is 0 Å². The highest BCUT2D eigenvalue weighted by Crippen LogP contribution is 2.03. The van der Waals surface area contributed by atoms with Crippen molar-refractivity contribution in [2.75, 3.05) is 0 Å². The van der Waals surface area contributed by atoms with Gasteiger partial charge in [0.25, 0.3) is 0 Å². The molecule has 0 radical (unpaired) electrons. The molecule has 0 aliphatic rings. The summed E-state index contributed by atoms with van der Waals surface area (Å²) in [6, 6.07) is 0. The van der Waals surface area contributed by atoms with Crippen molar-refractivity contribution >= 4 is 0 Å². The number of quaternary nitrogens is 1. The van der Waals surface area contributed by atoms with Crippen molar-refractivity contribution in [3.05, 3.63) is 0 Å². The van der Waals surface area contributed by atoms with Crippen molar-refractivity contribution in [3.8, 4) is 0 Å². The van der Waals surface area contributed by atoms with Crippen LogP contribution in [0.5, 0.6) is 0 Å². The molecule has 0 aromatic heterocycles. The quantitative estimate of drug-likeness (QED) is 0.605. The Morgan fingerprint density at radius 3 is 1.50 bits per heavy atom. The SMILES string of the molecule is CCC(C)(C)[NH2+]C(C)(C)C. The van der Waals surface area contributed by atoms with Crippen LogP contribution in [-0.2, 0) is 0 Å². The van der Waals surface area contributed by atoms with Crippen LogP contribution in [0.1, 0.15) is 48.0 Å². The topological polar surface area (TPSA) is 16.6 Å². The first kappa shape index (κ1) is 9.96. The van der Waals surface area contributed by atoms with Crippen LogP contribution in [0, 0.1) is 0 Å². The summed E-state index contributed by atoms with van der Waals surface area (Å²) in [5, 5.41) is 2.43. The highest BCUT2D eigenvalue weighted by Gasteiger charge is 2.25. The molecule has 0 aromatic carbocycles. The molecule has 0 saturated heterocycles. The molecular weight excluding hydrogens is 122 g/mol. The first-order chi connectivity index (χ1) is 4.27. The second-order valence-corrected chi connectivity index (χ2v) is 4.85. The molecule has 62 valence electrons. The van der Waals surface area contributed by atoms with Gasteiger partial charge in [-0.15, -0.1) is 0 Å². The van der Waals surface area contributed by atoms with Gasteiger partial charge in [0.05, 0.1) is 11.1 Å². The molecule has 0 unspecified atom stereocenters. The summed E-state index contributed by atoms with van der Waals surface area (Å²) in [6.07, 6.45) is 1.23. The van der Waals surface area contributed by atoms with E-state index in [4.69, 9.17) is 0 Å². The maximum absolute atomic E-state index is 2.43. The summed E-state index contributed by atoms with van der Waals surface area (Å²) in [4.78, 5) is 0. The second-order valence-electron chi connectivity index (χ2n) is 4.85. The van der Waals surface area contributed by atoms with Gasteiger partial charge in [-0.05, 0) is 41.0 Å². The third kappa shape index (κ3) is 4.80. The second kappa shape index (κ2) is 2.91. The number of hydrogen-bond donors (Lipinski definition) is 1. The maximum atomic E-state index is 2.43. The van der Waals surface area contributed by atoms with Crippen molar-refractivity contribution in [2.24, 2.45) is 0 Å².